The van der Waals surface area contributed by atoms with Gasteiger partial charge in [-0.2, -0.15) is 0 Å². The first-order valence-electron chi connectivity index (χ1n) is 8.96. The van der Waals surface area contributed by atoms with E-state index in [-0.39, 0.29) is 12.2 Å². The average molecular weight is 361 g/mol. The molecule has 0 heterocycles. The van der Waals surface area contributed by atoms with E-state index >= 15 is 0 Å². The van der Waals surface area contributed by atoms with Gasteiger partial charge >= 0.3 is 5.97 Å². The van der Waals surface area contributed by atoms with Gasteiger partial charge in [-0.05, 0) is 50.2 Å². The van der Waals surface area contributed by atoms with Crippen molar-refractivity contribution in [3.63, 3.8) is 0 Å². The van der Waals surface area contributed by atoms with Crippen molar-refractivity contribution in [1.29, 1.82) is 0 Å². The van der Waals surface area contributed by atoms with Crippen LogP contribution in [0.3, 0.4) is 0 Å². The highest BCUT2D eigenvalue weighted by Gasteiger charge is 2.25. The van der Waals surface area contributed by atoms with E-state index < -0.39 is 6.23 Å². The van der Waals surface area contributed by atoms with Crippen molar-refractivity contribution in [2.75, 3.05) is 4.90 Å². The lowest BCUT2D eigenvalue weighted by molar-refractivity contribution is 0.0253. The normalized spacial score (nSPS) is 12.7. The highest BCUT2D eigenvalue weighted by molar-refractivity contribution is 5.89. The van der Waals surface area contributed by atoms with E-state index in [4.69, 9.17) is 9.47 Å². The van der Waals surface area contributed by atoms with E-state index in [1.807, 2.05) is 97.6 Å². The second-order valence-electron chi connectivity index (χ2n) is 6.14. The highest BCUT2D eigenvalue weighted by atomic mass is 16.6. The fourth-order valence-corrected chi connectivity index (χ4v) is 2.92. The predicted molar refractivity (Wildman–Crippen MR) is 107 cm³/mol. The lowest BCUT2D eigenvalue weighted by Crippen LogP contribution is -2.45. The SMILES string of the molecule is CC(OC(=O)c1ccccc1)N(c1ccccc1)C(C)Oc1ccccc1. The zero-order valence-electron chi connectivity index (χ0n) is 15.5. The summed E-state index contributed by atoms with van der Waals surface area (Å²) in [6.07, 6.45) is -0.854. The summed E-state index contributed by atoms with van der Waals surface area (Å²) in [5, 5.41) is 0. The van der Waals surface area contributed by atoms with Crippen molar-refractivity contribution >= 4 is 11.7 Å². The van der Waals surface area contributed by atoms with Gasteiger partial charge in [-0.1, -0.05) is 54.6 Å². The van der Waals surface area contributed by atoms with Gasteiger partial charge in [0.05, 0.1) is 5.56 Å². The van der Waals surface area contributed by atoms with Crippen LogP contribution in [0.2, 0.25) is 0 Å². The highest BCUT2D eigenvalue weighted by Crippen LogP contribution is 2.23. The van der Waals surface area contributed by atoms with E-state index in [1.54, 1.807) is 12.1 Å². The summed E-state index contributed by atoms with van der Waals surface area (Å²) in [5.41, 5.74) is 1.43. The van der Waals surface area contributed by atoms with E-state index in [1.165, 1.54) is 0 Å². The van der Waals surface area contributed by atoms with Crippen LogP contribution in [0, 0.1) is 0 Å². The van der Waals surface area contributed by atoms with E-state index in [0.29, 0.717) is 5.56 Å². The van der Waals surface area contributed by atoms with Gasteiger partial charge < -0.3 is 14.4 Å². The molecule has 3 aromatic rings. The van der Waals surface area contributed by atoms with Gasteiger partial charge in [0, 0.05) is 5.69 Å². The second-order valence-corrected chi connectivity index (χ2v) is 6.14. The van der Waals surface area contributed by atoms with Crippen LogP contribution in [0.1, 0.15) is 24.2 Å². The number of carbonyl (C=O) groups is 1. The molecule has 4 nitrogen and oxygen atoms in total. The van der Waals surface area contributed by atoms with Crippen molar-refractivity contribution < 1.29 is 14.3 Å². The Morgan fingerprint density at radius 1 is 0.741 bits per heavy atom. The summed E-state index contributed by atoms with van der Waals surface area (Å²) < 4.78 is 11.8. The van der Waals surface area contributed by atoms with Crippen molar-refractivity contribution in [2.24, 2.45) is 0 Å². The number of carbonyl (C=O) groups excluding carboxylic acids is 1. The Kier molecular flexibility index (Phi) is 6.10. The third-order valence-corrected chi connectivity index (χ3v) is 4.17. The Bertz CT molecular complexity index is 837. The summed E-state index contributed by atoms with van der Waals surface area (Å²) in [7, 11) is 0. The molecule has 0 aromatic heterocycles. The fraction of sp³-hybridized carbons (Fsp3) is 0.174. The monoisotopic (exact) mass is 361 g/mol. The number of para-hydroxylation sites is 2. The van der Waals surface area contributed by atoms with Crippen LogP contribution in [0.5, 0.6) is 5.75 Å². The number of esters is 1. The van der Waals surface area contributed by atoms with Crippen LogP contribution in [0.4, 0.5) is 5.69 Å². The molecule has 0 spiro atoms. The van der Waals surface area contributed by atoms with Crippen LogP contribution in [0.15, 0.2) is 91.0 Å². The maximum atomic E-state index is 12.5. The van der Waals surface area contributed by atoms with E-state index in [9.17, 15) is 4.79 Å². The predicted octanol–water partition coefficient (Wildman–Crippen LogP) is 5.12. The van der Waals surface area contributed by atoms with Gasteiger partial charge in [0.1, 0.15) is 5.75 Å². The quantitative estimate of drug-likeness (QED) is 0.432. The molecule has 3 rings (SSSR count). The molecule has 27 heavy (non-hydrogen) atoms. The number of rotatable bonds is 7. The van der Waals surface area contributed by atoms with Crippen molar-refractivity contribution in [3.8, 4) is 5.75 Å². The topological polar surface area (TPSA) is 38.8 Å². The van der Waals surface area contributed by atoms with Gasteiger partial charge in [0.25, 0.3) is 0 Å². The third kappa shape index (κ3) is 4.88. The molecule has 0 aliphatic carbocycles. The van der Waals surface area contributed by atoms with E-state index in [0.717, 1.165) is 11.4 Å². The molecule has 0 amide bonds. The summed E-state index contributed by atoms with van der Waals surface area (Å²) in [6, 6.07) is 28.4. The molecule has 0 radical (unpaired) electrons. The minimum atomic E-state index is -0.515. The molecule has 0 aliphatic heterocycles. The van der Waals surface area contributed by atoms with Gasteiger partial charge in [0.15, 0.2) is 12.5 Å². The average Bonchev–Trinajstić information content (AvgIpc) is 2.70. The standard InChI is InChI=1S/C23H23NO3/c1-18(26-22-16-10-5-11-17-22)24(21-14-8-4-9-15-21)19(2)27-23(25)20-12-6-3-7-13-20/h3-19H,1-2H3. The number of hydrogen-bond acceptors (Lipinski definition) is 4. The number of hydrogen-bond donors (Lipinski definition) is 0. The molecule has 0 saturated carbocycles. The molecular formula is C23H23NO3. The Hall–Kier alpha value is -3.27. The van der Waals surface area contributed by atoms with E-state index in [2.05, 4.69) is 0 Å². The fourth-order valence-electron chi connectivity index (χ4n) is 2.92. The van der Waals surface area contributed by atoms with Crippen molar-refractivity contribution in [3.05, 3.63) is 96.6 Å². The zero-order valence-corrected chi connectivity index (χ0v) is 15.5. The Morgan fingerprint density at radius 3 is 1.85 bits per heavy atom. The third-order valence-electron chi connectivity index (χ3n) is 4.17. The Labute approximate surface area is 160 Å². The molecule has 0 aliphatic rings. The minimum Gasteiger partial charge on any atom is -0.471 e. The number of anilines is 1. The van der Waals surface area contributed by atoms with Crippen LogP contribution in [-0.4, -0.2) is 18.4 Å². The first-order chi connectivity index (χ1) is 13.1. The largest absolute Gasteiger partial charge is 0.471 e. The lowest BCUT2D eigenvalue weighted by Gasteiger charge is -2.35. The molecule has 0 fully saturated rings. The van der Waals surface area contributed by atoms with Crippen LogP contribution >= 0.6 is 0 Å². The van der Waals surface area contributed by atoms with Gasteiger partial charge in [0.2, 0.25) is 0 Å². The summed E-state index contributed by atoms with van der Waals surface area (Å²) in [6.45, 7) is 3.78. The maximum absolute atomic E-state index is 12.5. The Balaban J connectivity index is 1.80. The lowest BCUT2D eigenvalue weighted by atomic mass is 10.2. The summed E-state index contributed by atoms with van der Waals surface area (Å²) >= 11 is 0. The number of nitrogens with zero attached hydrogens (tertiary/aromatic N) is 1. The molecule has 3 aromatic carbocycles. The zero-order chi connectivity index (χ0) is 19.1. The smallest absolute Gasteiger partial charge is 0.340 e. The minimum absolute atomic E-state index is 0.339. The molecule has 0 N–H and O–H groups in total. The van der Waals surface area contributed by atoms with Gasteiger partial charge in [-0.15, -0.1) is 0 Å². The number of benzene rings is 3. The first-order valence-corrected chi connectivity index (χ1v) is 8.96. The summed E-state index contributed by atoms with van der Waals surface area (Å²) in [5.74, 6) is 0.392. The molecule has 4 heteroatoms. The number of ether oxygens (including phenoxy) is 2. The van der Waals surface area contributed by atoms with Gasteiger partial charge in [-0.25, -0.2) is 4.79 Å². The molecular weight excluding hydrogens is 338 g/mol. The van der Waals surface area contributed by atoms with Crippen LogP contribution < -0.4 is 9.64 Å². The first kappa shape index (κ1) is 18.5. The Morgan fingerprint density at radius 2 is 1.26 bits per heavy atom. The molecule has 2 atom stereocenters. The van der Waals surface area contributed by atoms with Crippen molar-refractivity contribution in [1.82, 2.24) is 0 Å². The summed E-state index contributed by atoms with van der Waals surface area (Å²) in [4.78, 5) is 14.4. The molecule has 0 saturated heterocycles. The maximum Gasteiger partial charge on any atom is 0.340 e. The molecule has 138 valence electrons. The van der Waals surface area contributed by atoms with Crippen LogP contribution in [0.25, 0.3) is 0 Å². The van der Waals surface area contributed by atoms with Crippen molar-refractivity contribution in [2.45, 2.75) is 26.3 Å². The van der Waals surface area contributed by atoms with Crippen LogP contribution in [-0.2, 0) is 4.74 Å². The molecule has 2 unspecified atom stereocenters. The molecule has 0 bridgehead atoms. The second kappa shape index (κ2) is 8.90. The van der Waals surface area contributed by atoms with Gasteiger partial charge in [-0.3, -0.25) is 0 Å².